The van der Waals surface area contributed by atoms with Gasteiger partial charge in [-0.3, -0.25) is 4.79 Å². The van der Waals surface area contributed by atoms with Crippen LogP contribution in [0.4, 0.5) is 5.69 Å². The van der Waals surface area contributed by atoms with Crippen LogP contribution in [0.25, 0.3) is 0 Å². The summed E-state index contributed by atoms with van der Waals surface area (Å²) in [6.07, 6.45) is 0. The summed E-state index contributed by atoms with van der Waals surface area (Å²) in [6.45, 7) is 1.86. The lowest BCUT2D eigenvalue weighted by atomic mass is 10.3. The first-order valence-electron chi connectivity index (χ1n) is 4.65. The molecule has 0 aliphatic rings. The van der Waals surface area contributed by atoms with Crippen molar-refractivity contribution in [2.75, 3.05) is 5.32 Å². The number of amides is 1. The highest BCUT2D eigenvalue weighted by Crippen LogP contribution is 2.21. The monoisotopic (exact) mass is 252 g/mol. The maximum atomic E-state index is 11.8. The van der Waals surface area contributed by atoms with E-state index >= 15 is 0 Å². The van der Waals surface area contributed by atoms with Crippen molar-refractivity contribution in [1.82, 2.24) is 4.98 Å². The van der Waals surface area contributed by atoms with E-state index in [4.69, 9.17) is 11.6 Å². The summed E-state index contributed by atoms with van der Waals surface area (Å²) < 4.78 is 0. The van der Waals surface area contributed by atoms with Crippen LogP contribution in [0, 0.1) is 6.92 Å². The van der Waals surface area contributed by atoms with Crippen molar-refractivity contribution >= 4 is 34.5 Å². The molecule has 3 nitrogen and oxygen atoms in total. The minimum absolute atomic E-state index is 0.238. The molecule has 0 fully saturated rings. The molecule has 1 heterocycles. The number of hydrogen-bond acceptors (Lipinski definition) is 3. The van der Waals surface area contributed by atoms with Crippen molar-refractivity contribution in [3.05, 3.63) is 45.4 Å². The van der Waals surface area contributed by atoms with Crippen LogP contribution in [0.3, 0.4) is 0 Å². The first kappa shape index (κ1) is 11.1. The van der Waals surface area contributed by atoms with E-state index in [1.165, 1.54) is 11.3 Å². The number of carbonyl (C=O) groups is 1. The van der Waals surface area contributed by atoms with Crippen LogP contribution in [-0.2, 0) is 0 Å². The van der Waals surface area contributed by atoms with Gasteiger partial charge in [0.05, 0.1) is 15.7 Å². The Morgan fingerprint density at radius 2 is 2.19 bits per heavy atom. The van der Waals surface area contributed by atoms with Gasteiger partial charge in [0.2, 0.25) is 0 Å². The zero-order valence-electron chi connectivity index (χ0n) is 8.53. The van der Waals surface area contributed by atoms with Gasteiger partial charge in [0.25, 0.3) is 5.91 Å². The number of carbonyl (C=O) groups excluding carboxylic acids is 1. The van der Waals surface area contributed by atoms with Crippen LogP contribution >= 0.6 is 22.9 Å². The Morgan fingerprint density at radius 1 is 1.44 bits per heavy atom. The van der Waals surface area contributed by atoms with E-state index in [2.05, 4.69) is 10.3 Å². The lowest BCUT2D eigenvalue weighted by Gasteiger charge is -2.04. The van der Waals surface area contributed by atoms with Crippen LogP contribution in [0.2, 0.25) is 5.02 Å². The van der Waals surface area contributed by atoms with Crippen molar-refractivity contribution in [2.45, 2.75) is 6.92 Å². The summed E-state index contributed by atoms with van der Waals surface area (Å²) >= 11 is 7.37. The predicted octanol–water partition coefficient (Wildman–Crippen LogP) is 3.36. The van der Waals surface area contributed by atoms with Gasteiger partial charge in [0.15, 0.2) is 0 Å². The predicted molar refractivity (Wildman–Crippen MR) is 66.3 cm³/mol. The minimum atomic E-state index is -0.238. The minimum Gasteiger partial charge on any atom is -0.319 e. The Labute approximate surface area is 102 Å². The number of rotatable bonds is 2. The third kappa shape index (κ3) is 2.40. The Hall–Kier alpha value is -1.39. The Morgan fingerprint density at radius 3 is 2.81 bits per heavy atom. The lowest BCUT2D eigenvalue weighted by molar-refractivity contribution is 0.102. The number of aromatic nitrogens is 1. The van der Waals surface area contributed by atoms with Crippen molar-refractivity contribution < 1.29 is 4.79 Å². The SMILES string of the molecule is Cc1nc(C(=O)Nc2ccccc2Cl)cs1. The van der Waals surface area contributed by atoms with Crippen molar-refractivity contribution in [1.29, 1.82) is 0 Å². The third-order valence-corrected chi connectivity index (χ3v) is 3.08. The smallest absolute Gasteiger partial charge is 0.275 e. The van der Waals surface area contributed by atoms with Gasteiger partial charge in [-0.1, -0.05) is 23.7 Å². The molecule has 0 saturated heterocycles. The number of thiazole rings is 1. The molecule has 1 amide bonds. The van der Waals surface area contributed by atoms with Gasteiger partial charge < -0.3 is 5.32 Å². The van der Waals surface area contributed by atoms with Gasteiger partial charge in [-0.05, 0) is 19.1 Å². The Bertz CT molecular complexity index is 524. The summed E-state index contributed by atoms with van der Waals surface area (Å²) in [6, 6.07) is 7.10. The molecule has 1 N–H and O–H groups in total. The van der Waals surface area contributed by atoms with E-state index in [0.717, 1.165) is 5.01 Å². The highest BCUT2D eigenvalue weighted by molar-refractivity contribution is 7.09. The van der Waals surface area contributed by atoms with Crippen LogP contribution in [0.1, 0.15) is 15.5 Å². The molecule has 82 valence electrons. The number of para-hydroxylation sites is 1. The van der Waals surface area contributed by atoms with Crippen LogP contribution in [0.5, 0.6) is 0 Å². The molecule has 2 rings (SSSR count). The number of nitrogens with one attached hydrogen (secondary N) is 1. The second-order valence-corrected chi connectivity index (χ2v) is 4.66. The lowest BCUT2D eigenvalue weighted by Crippen LogP contribution is -2.12. The normalized spacial score (nSPS) is 10.1. The second kappa shape index (κ2) is 4.63. The Kier molecular flexibility index (Phi) is 3.22. The molecule has 0 aliphatic heterocycles. The van der Waals surface area contributed by atoms with Crippen molar-refractivity contribution in [2.24, 2.45) is 0 Å². The van der Waals surface area contributed by atoms with Gasteiger partial charge in [0.1, 0.15) is 5.69 Å². The molecule has 0 radical (unpaired) electrons. The molecule has 5 heteroatoms. The molecular formula is C11H9ClN2OS. The molecule has 2 aromatic rings. The number of aryl methyl sites for hydroxylation is 1. The van der Waals surface area contributed by atoms with Gasteiger partial charge in [-0.25, -0.2) is 4.98 Å². The molecule has 0 aliphatic carbocycles. The molecule has 1 aromatic heterocycles. The third-order valence-electron chi connectivity index (χ3n) is 1.97. The molecule has 16 heavy (non-hydrogen) atoms. The topological polar surface area (TPSA) is 42.0 Å². The quantitative estimate of drug-likeness (QED) is 0.891. The van der Waals surface area contributed by atoms with E-state index in [9.17, 15) is 4.79 Å². The van der Waals surface area contributed by atoms with E-state index in [-0.39, 0.29) is 5.91 Å². The molecule has 1 aromatic carbocycles. The van der Waals surface area contributed by atoms with Crippen LogP contribution in [-0.4, -0.2) is 10.9 Å². The van der Waals surface area contributed by atoms with Gasteiger partial charge in [-0.2, -0.15) is 0 Å². The largest absolute Gasteiger partial charge is 0.319 e. The van der Waals surface area contributed by atoms with Crippen molar-refractivity contribution in [3.8, 4) is 0 Å². The van der Waals surface area contributed by atoms with Crippen LogP contribution < -0.4 is 5.32 Å². The average Bonchev–Trinajstić information content (AvgIpc) is 2.68. The van der Waals surface area contributed by atoms with Crippen LogP contribution in [0.15, 0.2) is 29.6 Å². The average molecular weight is 253 g/mol. The summed E-state index contributed by atoms with van der Waals surface area (Å²) in [5, 5.41) is 5.82. The van der Waals surface area contributed by atoms with E-state index in [0.29, 0.717) is 16.4 Å². The molecule has 0 spiro atoms. The fraction of sp³-hybridized carbons (Fsp3) is 0.0909. The number of anilines is 1. The molecule has 0 saturated carbocycles. The first-order chi connectivity index (χ1) is 7.66. The maximum Gasteiger partial charge on any atom is 0.275 e. The van der Waals surface area contributed by atoms with Gasteiger partial charge in [0, 0.05) is 5.38 Å². The highest BCUT2D eigenvalue weighted by Gasteiger charge is 2.10. The molecule has 0 bridgehead atoms. The number of benzene rings is 1. The molecule has 0 atom stereocenters. The number of halogens is 1. The van der Waals surface area contributed by atoms with E-state index in [1.807, 2.05) is 19.1 Å². The van der Waals surface area contributed by atoms with Gasteiger partial charge in [-0.15, -0.1) is 11.3 Å². The molecule has 0 unspecified atom stereocenters. The summed E-state index contributed by atoms with van der Waals surface area (Å²) in [5.41, 5.74) is 1.02. The summed E-state index contributed by atoms with van der Waals surface area (Å²) in [5.74, 6) is -0.238. The summed E-state index contributed by atoms with van der Waals surface area (Å²) in [4.78, 5) is 15.9. The maximum absolute atomic E-state index is 11.8. The first-order valence-corrected chi connectivity index (χ1v) is 5.90. The zero-order chi connectivity index (χ0) is 11.5. The number of hydrogen-bond donors (Lipinski definition) is 1. The van der Waals surface area contributed by atoms with E-state index < -0.39 is 0 Å². The molecular weight excluding hydrogens is 244 g/mol. The fourth-order valence-corrected chi connectivity index (χ4v) is 1.99. The zero-order valence-corrected chi connectivity index (χ0v) is 10.1. The van der Waals surface area contributed by atoms with Crippen molar-refractivity contribution in [3.63, 3.8) is 0 Å². The second-order valence-electron chi connectivity index (χ2n) is 3.19. The standard InChI is InChI=1S/C11H9ClN2OS/c1-7-13-10(6-16-7)11(15)14-9-5-3-2-4-8(9)12/h2-6H,1H3,(H,14,15). The van der Waals surface area contributed by atoms with E-state index in [1.54, 1.807) is 17.5 Å². The fourth-order valence-electron chi connectivity index (χ4n) is 1.22. The Balaban J connectivity index is 2.17. The summed E-state index contributed by atoms with van der Waals surface area (Å²) in [7, 11) is 0. The van der Waals surface area contributed by atoms with Gasteiger partial charge >= 0.3 is 0 Å². The number of nitrogens with zero attached hydrogens (tertiary/aromatic N) is 1. The highest BCUT2D eigenvalue weighted by atomic mass is 35.5.